The predicted octanol–water partition coefficient (Wildman–Crippen LogP) is 2.48. The van der Waals surface area contributed by atoms with Gasteiger partial charge in [0.25, 0.3) is 0 Å². The maximum atomic E-state index is 3.36. The lowest BCUT2D eigenvalue weighted by molar-refractivity contribution is 0.761. The van der Waals surface area contributed by atoms with Crippen molar-refractivity contribution in [2.75, 3.05) is 0 Å². The molecule has 1 aromatic heterocycles. The maximum Gasteiger partial charge on any atom is 0.0716 e. The van der Waals surface area contributed by atoms with Gasteiger partial charge >= 0.3 is 0 Å². The van der Waals surface area contributed by atoms with Gasteiger partial charge in [-0.1, -0.05) is 0 Å². The molecule has 0 aliphatic heterocycles. The molecule has 4 nitrogen and oxygen atoms in total. The Morgan fingerprint density at radius 2 is 0.714 bits per heavy atom. The third-order valence-electron chi connectivity index (χ3n) is 0.343. The van der Waals surface area contributed by atoms with Gasteiger partial charge in [-0.15, -0.1) is 62.8 Å². The van der Waals surface area contributed by atoms with E-state index in [0.29, 0.717) is 0 Å². The van der Waals surface area contributed by atoms with E-state index in [-0.39, 0.29) is 0 Å². The monoisotopic (exact) mass is 194 g/mol. The lowest BCUT2D eigenvalue weighted by atomic mass is 11.0. The smallest absolute Gasteiger partial charge is 0.0716 e. The van der Waals surface area contributed by atoms with Crippen molar-refractivity contribution in [3.05, 3.63) is 65.0 Å². The van der Waals surface area contributed by atoms with Crippen LogP contribution >= 0.6 is 0 Å². The molecular formula is C10H18N4. The molecule has 0 aromatic carbocycles. The van der Waals surface area contributed by atoms with Crippen LogP contribution in [0.3, 0.4) is 0 Å². The summed E-state index contributed by atoms with van der Waals surface area (Å²) in [4.78, 5) is 0. The van der Waals surface area contributed by atoms with Crippen molar-refractivity contribution in [2.24, 2.45) is 0 Å². The van der Waals surface area contributed by atoms with Gasteiger partial charge in [-0.2, -0.15) is 0 Å². The minimum Gasteiger partial charge on any atom is -0.136 e. The number of rotatable bonds is 0. The van der Waals surface area contributed by atoms with E-state index >= 15 is 0 Å². The van der Waals surface area contributed by atoms with Crippen LogP contribution in [0.1, 0.15) is 0 Å². The molecule has 0 fully saturated rings. The Kier molecular flexibility index (Phi) is 114. The number of nitrogens with zero attached hydrogens (tertiary/aromatic N) is 4. The summed E-state index contributed by atoms with van der Waals surface area (Å²) in [6.45, 7) is 24.0. The van der Waals surface area contributed by atoms with Crippen LogP contribution in [0.25, 0.3) is 0 Å². The van der Waals surface area contributed by atoms with E-state index < -0.39 is 0 Å². The van der Waals surface area contributed by atoms with E-state index in [9.17, 15) is 0 Å². The van der Waals surface area contributed by atoms with E-state index in [1.54, 1.807) is 0 Å². The second kappa shape index (κ2) is 70.2. The van der Waals surface area contributed by atoms with Crippen molar-refractivity contribution in [3.8, 4) is 0 Å². The van der Waals surface area contributed by atoms with E-state index in [0.717, 1.165) is 0 Å². The quantitative estimate of drug-likeness (QED) is 0.595. The normalized spacial score (nSPS) is 4.57. The summed E-state index contributed by atoms with van der Waals surface area (Å²) in [6, 6.07) is 0. The second-order valence-corrected chi connectivity index (χ2v) is 0.708. The van der Waals surface area contributed by atoms with E-state index in [1.807, 2.05) is 0 Å². The van der Waals surface area contributed by atoms with Crippen LogP contribution in [-0.4, -0.2) is 20.6 Å². The highest BCUT2D eigenvalue weighted by Crippen LogP contribution is 1.53. The van der Waals surface area contributed by atoms with Crippen LogP contribution < -0.4 is 0 Å². The highest BCUT2D eigenvalue weighted by Gasteiger charge is 1.61. The SMILES string of the molecule is C=C.C=C.C=C.C=C.c1cnnnn1. The Morgan fingerprint density at radius 3 is 0.786 bits per heavy atom. The summed E-state index contributed by atoms with van der Waals surface area (Å²) in [5.41, 5.74) is 0. The van der Waals surface area contributed by atoms with Crippen LogP contribution in [0, 0.1) is 0 Å². The first-order valence-electron chi connectivity index (χ1n) is 3.45. The highest BCUT2D eigenvalue weighted by atomic mass is 15.4. The summed E-state index contributed by atoms with van der Waals surface area (Å²) < 4.78 is 0. The van der Waals surface area contributed by atoms with Gasteiger partial charge in [0.05, 0.1) is 12.4 Å². The van der Waals surface area contributed by atoms with Crippen molar-refractivity contribution in [1.82, 2.24) is 20.6 Å². The molecule has 4 heteroatoms. The molecule has 1 rings (SSSR count). The number of hydrogen-bond acceptors (Lipinski definition) is 4. The summed E-state index contributed by atoms with van der Waals surface area (Å²) in [6.07, 6.45) is 2.93. The molecule has 0 aliphatic carbocycles. The zero-order chi connectivity index (χ0) is 12.2. The van der Waals surface area contributed by atoms with E-state index in [1.165, 1.54) is 12.4 Å². The van der Waals surface area contributed by atoms with E-state index in [2.05, 4.69) is 73.3 Å². The Morgan fingerprint density at radius 1 is 0.500 bits per heavy atom. The first kappa shape index (κ1) is 22.7. The summed E-state index contributed by atoms with van der Waals surface area (Å²) in [5.74, 6) is 0. The van der Waals surface area contributed by atoms with Gasteiger partial charge in [0.15, 0.2) is 0 Å². The van der Waals surface area contributed by atoms with Crippen LogP contribution in [0.4, 0.5) is 0 Å². The van der Waals surface area contributed by atoms with Crippen molar-refractivity contribution in [3.63, 3.8) is 0 Å². The molecule has 78 valence electrons. The molecule has 0 N–H and O–H groups in total. The fraction of sp³-hybridized carbons (Fsp3) is 0. The van der Waals surface area contributed by atoms with Gasteiger partial charge in [-0.3, -0.25) is 0 Å². The molecule has 0 radical (unpaired) electrons. The lowest BCUT2D eigenvalue weighted by Gasteiger charge is -1.67. The molecule has 1 aromatic rings. The average molecular weight is 194 g/mol. The molecule has 0 aliphatic rings. The molecule has 0 saturated heterocycles. The summed E-state index contributed by atoms with van der Waals surface area (Å²) in [7, 11) is 0. The lowest BCUT2D eigenvalue weighted by Crippen LogP contribution is -1.84. The largest absolute Gasteiger partial charge is 0.136 e. The molecule has 0 unspecified atom stereocenters. The van der Waals surface area contributed by atoms with Crippen molar-refractivity contribution in [1.29, 1.82) is 0 Å². The fourth-order valence-electron chi connectivity index (χ4n) is 0.165. The molecule has 0 saturated carbocycles. The zero-order valence-electron chi connectivity index (χ0n) is 8.60. The van der Waals surface area contributed by atoms with Gasteiger partial charge in [-0.25, -0.2) is 0 Å². The van der Waals surface area contributed by atoms with Gasteiger partial charge < -0.3 is 0 Å². The van der Waals surface area contributed by atoms with Gasteiger partial charge in [0.2, 0.25) is 0 Å². The predicted molar refractivity (Wildman–Crippen MR) is 62.6 cm³/mol. The van der Waals surface area contributed by atoms with Crippen molar-refractivity contribution < 1.29 is 0 Å². The molecule has 1 heterocycles. The average Bonchev–Trinajstić information content (AvgIpc) is 2.41. The number of aromatic nitrogens is 4. The third-order valence-corrected chi connectivity index (χ3v) is 0.343. The van der Waals surface area contributed by atoms with Crippen LogP contribution in [0.5, 0.6) is 0 Å². The standard InChI is InChI=1S/C2H2N4.4C2H4/c1-2-4-6-5-3-1;4*1-2/h1-2H;4*1-2H2. The molecule has 0 spiro atoms. The first-order valence-corrected chi connectivity index (χ1v) is 3.45. The molecule has 14 heavy (non-hydrogen) atoms. The molecule has 0 atom stereocenters. The Labute approximate surface area is 86.4 Å². The summed E-state index contributed by atoms with van der Waals surface area (Å²) in [5, 5.41) is 13.1. The minimum atomic E-state index is 1.47. The Balaban J connectivity index is -0.0000000542. The van der Waals surface area contributed by atoms with Gasteiger partial charge in [0, 0.05) is 0 Å². The van der Waals surface area contributed by atoms with Gasteiger partial charge in [-0.05, 0) is 10.4 Å². The van der Waals surface area contributed by atoms with Crippen LogP contribution in [-0.2, 0) is 0 Å². The van der Waals surface area contributed by atoms with E-state index in [4.69, 9.17) is 0 Å². The zero-order valence-corrected chi connectivity index (χ0v) is 8.60. The van der Waals surface area contributed by atoms with Crippen LogP contribution in [0.2, 0.25) is 0 Å². The Bertz CT molecular complexity index is 121. The highest BCUT2D eigenvalue weighted by molar-refractivity contribution is 4.52. The maximum absolute atomic E-state index is 3.36. The minimum absolute atomic E-state index is 1.47. The molecule has 0 amide bonds. The fourth-order valence-corrected chi connectivity index (χ4v) is 0.165. The third kappa shape index (κ3) is 51.6. The van der Waals surface area contributed by atoms with Crippen molar-refractivity contribution >= 4 is 0 Å². The first-order chi connectivity index (χ1) is 7.00. The molecule has 0 bridgehead atoms. The second-order valence-electron chi connectivity index (χ2n) is 0.708. The topological polar surface area (TPSA) is 51.6 Å². The van der Waals surface area contributed by atoms with Gasteiger partial charge in [0.1, 0.15) is 0 Å². The molecular weight excluding hydrogens is 176 g/mol. The summed E-state index contributed by atoms with van der Waals surface area (Å²) >= 11 is 0. The number of hydrogen-bond donors (Lipinski definition) is 0. The Hall–Kier alpha value is -2.10. The van der Waals surface area contributed by atoms with Crippen LogP contribution in [0.15, 0.2) is 65.0 Å². The van der Waals surface area contributed by atoms with Crippen molar-refractivity contribution in [2.45, 2.75) is 0 Å².